The van der Waals surface area contributed by atoms with Gasteiger partial charge in [-0.2, -0.15) is 0 Å². The van der Waals surface area contributed by atoms with Gasteiger partial charge in [0.25, 0.3) is 0 Å². The van der Waals surface area contributed by atoms with Gasteiger partial charge in [-0.05, 0) is 36.2 Å². The van der Waals surface area contributed by atoms with E-state index in [0.717, 1.165) is 11.6 Å². The number of nitrogen functional groups attached to an aromatic ring is 1. The van der Waals surface area contributed by atoms with E-state index in [2.05, 4.69) is 10.4 Å². The minimum absolute atomic E-state index is 0.262. The maximum absolute atomic E-state index is 13.3. The molecule has 0 aliphatic rings. The number of hydrogen-bond acceptors (Lipinski definition) is 4. The lowest BCUT2D eigenvalue weighted by Gasteiger charge is -2.18. The molecule has 0 saturated heterocycles. The Morgan fingerprint density at radius 1 is 1.16 bits per heavy atom. The molecule has 0 bridgehead atoms. The SMILES string of the molecule is Cc1cnc(N)c(C(NN)c2cc(F)cc(F)c2)c1. The molecule has 0 aliphatic carbocycles. The van der Waals surface area contributed by atoms with E-state index in [1.165, 1.54) is 12.1 Å². The zero-order valence-electron chi connectivity index (χ0n) is 10.3. The number of nitrogens with two attached hydrogens (primary N) is 2. The number of halogens is 2. The third kappa shape index (κ3) is 2.86. The van der Waals surface area contributed by atoms with Crippen molar-refractivity contribution in [1.29, 1.82) is 0 Å². The van der Waals surface area contributed by atoms with Gasteiger partial charge in [-0.3, -0.25) is 5.84 Å². The topological polar surface area (TPSA) is 77.0 Å². The molecule has 0 aliphatic heterocycles. The Labute approximate surface area is 109 Å². The number of benzene rings is 1. The molecular formula is C13H14F2N4. The maximum Gasteiger partial charge on any atom is 0.128 e. The summed E-state index contributed by atoms with van der Waals surface area (Å²) >= 11 is 0. The Hall–Kier alpha value is -2.05. The van der Waals surface area contributed by atoms with E-state index >= 15 is 0 Å². The van der Waals surface area contributed by atoms with Crippen LogP contribution in [-0.4, -0.2) is 4.98 Å². The zero-order valence-corrected chi connectivity index (χ0v) is 10.3. The van der Waals surface area contributed by atoms with Gasteiger partial charge in [-0.25, -0.2) is 19.2 Å². The van der Waals surface area contributed by atoms with Crippen LogP contribution in [0.1, 0.15) is 22.7 Å². The van der Waals surface area contributed by atoms with E-state index < -0.39 is 17.7 Å². The van der Waals surface area contributed by atoms with Gasteiger partial charge in [0.15, 0.2) is 0 Å². The van der Waals surface area contributed by atoms with Gasteiger partial charge < -0.3 is 5.73 Å². The van der Waals surface area contributed by atoms with Crippen molar-refractivity contribution in [2.45, 2.75) is 13.0 Å². The van der Waals surface area contributed by atoms with Gasteiger partial charge in [-0.15, -0.1) is 0 Å². The fraction of sp³-hybridized carbons (Fsp3) is 0.154. The molecule has 6 heteroatoms. The smallest absolute Gasteiger partial charge is 0.128 e. The fourth-order valence-corrected chi connectivity index (χ4v) is 1.94. The summed E-state index contributed by atoms with van der Waals surface area (Å²) in [6, 6.07) is 4.35. The number of anilines is 1. The average Bonchev–Trinajstić information content (AvgIpc) is 2.33. The molecule has 0 spiro atoms. The van der Waals surface area contributed by atoms with Crippen molar-refractivity contribution < 1.29 is 8.78 Å². The van der Waals surface area contributed by atoms with Crippen molar-refractivity contribution in [3.05, 3.63) is 58.8 Å². The highest BCUT2D eigenvalue weighted by Crippen LogP contribution is 2.26. The first-order chi connectivity index (χ1) is 9.01. The fourth-order valence-electron chi connectivity index (χ4n) is 1.94. The van der Waals surface area contributed by atoms with Gasteiger partial charge >= 0.3 is 0 Å². The van der Waals surface area contributed by atoms with Gasteiger partial charge in [0.1, 0.15) is 17.5 Å². The Bertz CT molecular complexity index is 581. The van der Waals surface area contributed by atoms with E-state index in [0.29, 0.717) is 11.1 Å². The van der Waals surface area contributed by atoms with Crippen LogP contribution in [0, 0.1) is 18.6 Å². The van der Waals surface area contributed by atoms with Gasteiger partial charge in [0, 0.05) is 17.8 Å². The number of nitrogens with one attached hydrogen (secondary N) is 1. The normalized spacial score (nSPS) is 12.4. The molecule has 19 heavy (non-hydrogen) atoms. The van der Waals surface area contributed by atoms with Crippen molar-refractivity contribution in [3.8, 4) is 0 Å². The van der Waals surface area contributed by atoms with Crippen molar-refractivity contribution in [2.75, 3.05) is 5.73 Å². The molecule has 0 saturated carbocycles. The molecule has 1 aromatic carbocycles. The molecule has 100 valence electrons. The minimum atomic E-state index is -0.672. The summed E-state index contributed by atoms with van der Waals surface area (Å²) in [5, 5.41) is 0. The Balaban J connectivity index is 2.52. The Kier molecular flexibility index (Phi) is 3.73. The highest BCUT2D eigenvalue weighted by Gasteiger charge is 2.18. The van der Waals surface area contributed by atoms with Crippen LogP contribution >= 0.6 is 0 Å². The van der Waals surface area contributed by atoms with Gasteiger partial charge in [-0.1, -0.05) is 0 Å². The summed E-state index contributed by atoms with van der Waals surface area (Å²) in [6.45, 7) is 1.84. The predicted octanol–water partition coefficient (Wildman–Crippen LogP) is 1.80. The Morgan fingerprint density at radius 3 is 2.37 bits per heavy atom. The van der Waals surface area contributed by atoms with Crippen LogP contribution in [0.3, 0.4) is 0 Å². The van der Waals surface area contributed by atoms with E-state index in [1.54, 1.807) is 12.3 Å². The van der Waals surface area contributed by atoms with Crippen LogP contribution in [0.25, 0.3) is 0 Å². The molecule has 2 rings (SSSR count). The number of hydrogen-bond donors (Lipinski definition) is 3. The third-order valence-corrected chi connectivity index (χ3v) is 2.78. The summed E-state index contributed by atoms with van der Waals surface area (Å²) < 4.78 is 26.5. The maximum atomic E-state index is 13.3. The number of aryl methyl sites for hydroxylation is 1. The van der Waals surface area contributed by atoms with Gasteiger partial charge in [0.2, 0.25) is 0 Å². The monoisotopic (exact) mass is 264 g/mol. The first kappa shape index (κ1) is 13.4. The lowest BCUT2D eigenvalue weighted by atomic mass is 9.98. The summed E-state index contributed by atoms with van der Waals surface area (Å²) in [5.41, 5.74) is 10.1. The molecule has 2 aromatic rings. The van der Waals surface area contributed by atoms with Crippen molar-refractivity contribution >= 4 is 5.82 Å². The quantitative estimate of drug-likeness (QED) is 0.583. The number of hydrazine groups is 1. The number of pyridine rings is 1. The largest absolute Gasteiger partial charge is 0.383 e. The van der Waals surface area contributed by atoms with E-state index in [1.807, 2.05) is 6.92 Å². The minimum Gasteiger partial charge on any atom is -0.383 e. The number of rotatable bonds is 3. The molecule has 1 unspecified atom stereocenters. The first-order valence-corrected chi connectivity index (χ1v) is 5.65. The zero-order chi connectivity index (χ0) is 14.0. The van der Waals surface area contributed by atoms with Crippen LogP contribution in [-0.2, 0) is 0 Å². The van der Waals surface area contributed by atoms with Crippen molar-refractivity contribution in [1.82, 2.24) is 10.4 Å². The van der Waals surface area contributed by atoms with Crippen LogP contribution in [0.2, 0.25) is 0 Å². The van der Waals surface area contributed by atoms with E-state index in [4.69, 9.17) is 11.6 Å². The number of aromatic nitrogens is 1. The van der Waals surface area contributed by atoms with Crippen LogP contribution in [0.5, 0.6) is 0 Å². The molecular weight excluding hydrogens is 250 g/mol. The molecule has 4 nitrogen and oxygen atoms in total. The molecule has 5 N–H and O–H groups in total. The van der Waals surface area contributed by atoms with Crippen LogP contribution < -0.4 is 17.0 Å². The first-order valence-electron chi connectivity index (χ1n) is 5.65. The van der Waals surface area contributed by atoms with Gasteiger partial charge in [0.05, 0.1) is 6.04 Å². The Morgan fingerprint density at radius 2 is 1.79 bits per heavy atom. The summed E-state index contributed by atoms with van der Waals surface area (Å²) in [7, 11) is 0. The predicted molar refractivity (Wildman–Crippen MR) is 68.9 cm³/mol. The van der Waals surface area contributed by atoms with E-state index in [-0.39, 0.29) is 5.82 Å². The second kappa shape index (κ2) is 5.29. The van der Waals surface area contributed by atoms with Crippen LogP contribution in [0.4, 0.5) is 14.6 Å². The van der Waals surface area contributed by atoms with Crippen molar-refractivity contribution in [3.63, 3.8) is 0 Å². The second-order valence-electron chi connectivity index (χ2n) is 4.29. The third-order valence-electron chi connectivity index (χ3n) is 2.78. The highest BCUT2D eigenvalue weighted by atomic mass is 19.1. The standard InChI is InChI=1S/C13H14F2N4/c1-7-2-11(13(16)18-6-7)12(19-17)8-3-9(14)5-10(15)4-8/h2-6,12,19H,17H2,1H3,(H2,16,18). The summed E-state index contributed by atoms with van der Waals surface area (Å²) in [4.78, 5) is 4.01. The lowest BCUT2D eigenvalue weighted by Crippen LogP contribution is -2.30. The molecule has 0 amide bonds. The molecule has 1 aromatic heterocycles. The summed E-state index contributed by atoms with van der Waals surface area (Å²) in [5.74, 6) is 4.40. The molecule has 1 heterocycles. The molecule has 0 radical (unpaired) electrons. The number of nitrogens with zero attached hydrogens (tertiary/aromatic N) is 1. The second-order valence-corrected chi connectivity index (χ2v) is 4.29. The summed E-state index contributed by atoms with van der Waals surface area (Å²) in [6.07, 6.45) is 1.61. The van der Waals surface area contributed by atoms with Crippen molar-refractivity contribution in [2.24, 2.45) is 5.84 Å². The lowest BCUT2D eigenvalue weighted by molar-refractivity contribution is 0.566. The van der Waals surface area contributed by atoms with Crippen LogP contribution in [0.15, 0.2) is 30.5 Å². The molecule has 1 atom stereocenters. The highest BCUT2D eigenvalue weighted by molar-refractivity contribution is 5.47. The molecule has 0 fully saturated rings. The van der Waals surface area contributed by atoms with E-state index in [9.17, 15) is 8.78 Å². The average molecular weight is 264 g/mol.